The molecule has 104 valence electrons. The molecule has 0 amide bonds. The third-order valence-electron chi connectivity index (χ3n) is 4.92. The zero-order valence-corrected chi connectivity index (χ0v) is 11.1. The van der Waals surface area contributed by atoms with Gasteiger partial charge in [-0.25, -0.2) is 4.39 Å². The smallest absolute Gasteiger partial charge is 0.128 e. The fourth-order valence-electron chi connectivity index (χ4n) is 3.63. The number of ether oxygens (including phenoxy) is 1. The largest absolute Gasteiger partial charge is 0.392 e. The average Bonchev–Trinajstić information content (AvgIpc) is 2.46. The van der Waals surface area contributed by atoms with E-state index in [9.17, 15) is 9.50 Å². The molecular weight excluding hydrogens is 243 g/mol. The number of aliphatic hydroxyl groups excluding tert-OH is 1. The van der Waals surface area contributed by atoms with Gasteiger partial charge in [0.05, 0.1) is 18.8 Å². The molecule has 3 heteroatoms. The van der Waals surface area contributed by atoms with Crippen LogP contribution in [0.15, 0.2) is 24.3 Å². The van der Waals surface area contributed by atoms with Gasteiger partial charge in [0.25, 0.3) is 0 Å². The van der Waals surface area contributed by atoms with Crippen molar-refractivity contribution >= 4 is 0 Å². The Bertz CT molecular complexity index is 440. The standard InChI is InChI=1S/C16H21FO2/c17-13-7-3-2-6-12(13)11-19-15-10-14(18)16(15)8-4-1-5-9-16/h2-3,6-7,14-15,18H,1,4-5,8-11H2. The summed E-state index contributed by atoms with van der Waals surface area (Å²) in [5.41, 5.74) is 0.568. The third-order valence-corrected chi connectivity index (χ3v) is 4.92. The van der Waals surface area contributed by atoms with E-state index in [2.05, 4.69) is 0 Å². The van der Waals surface area contributed by atoms with Crippen molar-refractivity contribution in [3.05, 3.63) is 35.6 Å². The van der Waals surface area contributed by atoms with Crippen LogP contribution >= 0.6 is 0 Å². The van der Waals surface area contributed by atoms with Gasteiger partial charge < -0.3 is 9.84 Å². The molecule has 1 aromatic rings. The van der Waals surface area contributed by atoms with Gasteiger partial charge in [-0.05, 0) is 18.9 Å². The highest BCUT2D eigenvalue weighted by atomic mass is 19.1. The minimum absolute atomic E-state index is 0.0382. The Morgan fingerprint density at radius 1 is 1.21 bits per heavy atom. The van der Waals surface area contributed by atoms with Gasteiger partial charge in [0.15, 0.2) is 0 Å². The molecule has 0 saturated heterocycles. The predicted octanol–water partition coefficient (Wildman–Crippen LogP) is 3.43. The highest BCUT2D eigenvalue weighted by molar-refractivity contribution is 5.16. The number of hydrogen-bond donors (Lipinski definition) is 1. The van der Waals surface area contributed by atoms with Gasteiger partial charge in [0.1, 0.15) is 5.82 Å². The molecule has 0 aliphatic heterocycles. The summed E-state index contributed by atoms with van der Waals surface area (Å²) in [6, 6.07) is 6.74. The Kier molecular flexibility index (Phi) is 3.59. The van der Waals surface area contributed by atoms with Crippen LogP contribution in [0.5, 0.6) is 0 Å². The summed E-state index contributed by atoms with van der Waals surface area (Å²) in [6.45, 7) is 0.311. The van der Waals surface area contributed by atoms with E-state index >= 15 is 0 Å². The van der Waals surface area contributed by atoms with Crippen molar-refractivity contribution in [2.24, 2.45) is 5.41 Å². The van der Waals surface area contributed by atoms with Crippen LogP contribution in [0.25, 0.3) is 0 Å². The first-order chi connectivity index (χ1) is 9.22. The number of hydrogen-bond acceptors (Lipinski definition) is 2. The lowest BCUT2D eigenvalue weighted by atomic mass is 9.56. The van der Waals surface area contributed by atoms with E-state index in [1.54, 1.807) is 12.1 Å². The van der Waals surface area contributed by atoms with Gasteiger partial charge in [-0.3, -0.25) is 0 Å². The Hall–Kier alpha value is -0.930. The van der Waals surface area contributed by atoms with E-state index in [0.29, 0.717) is 18.6 Å². The molecule has 3 rings (SSSR count). The van der Waals surface area contributed by atoms with Crippen LogP contribution in [-0.2, 0) is 11.3 Å². The lowest BCUT2D eigenvalue weighted by Gasteiger charge is -2.55. The van der Waals surface area contributed by atoms with Gasteiger partial charge in [-0.1, -0.05) is 37.5 Å². The fourth-order valence-corrected chi connectivity index (χ4v) is 3.63. The zero-order chi connectivity index (χ0) is 13.3. The molecule has 2 aliphatic rings. The Morgan fingerprint density at radius 3 is 2.63 bits per heavy atom. The molecular formula is C16H21FO2. The van der Waals surface area contributed by atoms with Crippen molar-refractivity contribution in [3.8, 4) is 0 Å². The predicted molar refractivity (Wildman–Crippen MR) is 71.1 cm³/mol. The number of rotatable bonds is 3. The maximum absolute atomic E-state index is 13.5. The maximum atomic E-state index is 13.5. The summed E-state index contributed by atoms with van der Waals surface area (Å²) in [4.78, 5) is 0. The summed E-state index contributed by atoms with van der Waals surface area (Å²) in [6.07, 6.45) is 6.29. The summed E-state index contributed by atoms with van der Waals surface area (Å²) < 4.78 is 19.5. The van der Waals surface area contributed by atoms with Gasteiger partial charge in [-0.2, -0.15) is 0 Å². The molecule has 0 bridgehead atoms. The monoisotopic (exact) mass is 264 g/mol. The van der Waals surface area contributed by atoms with Gasteiger partial charge in [0.2, 0.25) is 0 Å². The fraction of sp³-hybridized carbons (Fsp3) is 0.625. The number of halogens is 1. The molecule has 0 heterocycles. The summed E-state index contributed by atoms with van der Waals surface area (Å²) in [5.74, 6) is -0.208. The first-order valence-electron chi connectivity index (χ1n) is 7.25. The zero-order valence-electron chi connectivity index (χ0n) is 11.1. The molecule has 2 saturated carbocycles. The third kappa shape index (κ3) is 2.30. The van der Waals surface area contributed by atoms with Crippen LogP contribution in [0.3, 0.4) is 0 Å². The molecule has 2 aliphatic carbocycles. The van der Waals surface area contributed by atoms with Crippen molar-refractivity contribution in [3.63, 3.8) is 0 Å². The quantitative estimate of drug-likeness (QED) is 0.906. The summed E-state index contributed by atoms with van der Waals surface area (Å²) >= 11 is 0. The lowest BCUT2D eigenvalue weighted by molar-refractivity contribution is -0.210. The lowest BCUT2D eigenvalue weighted by Crippen LogP contribution is -2.58. The Labute approximate surface area is 113 Å². The second-order valence-electron chi connectivity index (χ2n) is 5.94. The molecule has 1 aromatic carbocycles. The number of aliphatic hydroxyl groups is 1. The molecule has 1 N–H and O–H groups in total. The van der Waals surface area contributed by atoms with Gasteiger partial charge >= 0.3 is 0 Å². The van der Waals surface area contributed by atoms with E-state index in [0.717, 1.165) is 12.8 Å². The van der Waals surface area contributed by atoms with Gasteiger partial charge in [0, 0.05) is 17.4 Å². The first kappa shape index (κ1) is 13.1. The van der Waals surface area contributed by atoms with Crippen LogP contribution in [0.2, 0.25) is 0 Å². The van der Waals surface area contributed by atoms with Gasteiger partial charge in [-0.15, -0.1) is 0 Å². The highest BCUT2D eigenvalue weighted by Crippen LogP contribution is 2.53. The summed E-state index contributed by atoms with van der Waals surface area (Å²) in [5, 5.41) is 10.1. The van der Waals surface area contributed by atoms with Crippen molar-refractivity contribution in [2.75, 3.05) is 0 Å². The molecule has 0 aromatic heterocycles. The molecule has 1 spiro atoms. The minimum atomic E-state index is -0.224. The van der Waals surface area contributed by atoms with Crippen LogP contribution in [0.4, 0.5) is 4.39 Å². The second kappa shape index (κ2) is 5.22. The molecule has 2 nitrogen and oxygen atoms in total. The van der Waals surface area contributed by atoms with Crippen LogP contribution in [0, 0.1) is 11.2 Å². The molecule has 2 atom stereocenters. The normalized spacial score (nSPS) is 29.2. The van der Waals surface area contributed by atoms with Crippen molar-refractivity contribution in [1.29, 1.82) is 0 Å². The molecule has 2 unspecified atom stereocenters. The molecule has 19 heavy (non-hydrogen) atoms. The van der Waals surface area contributed by atoms with Crippen molar-refractivity contribution in [1.82, 2.24) is 0 Å². The van der Waals surface area contributed by atoms with E-state index in [1.807, 2.05) is 6.07 Å². The van der Waals surface area contributed by atoms with E-state index in [1.165, 1.54) is 25.3 Å². The molecule has 0 radical (unpaired) electrons. The van der Waals surface area contributed by atoms with E-state index in [-0.39, 0.29) is 23.4 Å². The van der Waals surface area contributed by atoms with Crippen LogP contribution < -0.4 is 0 Å². The second-order valence-corrected chi connectivity index (χ2v) is 5.94. The topological polar surface area (TPSA) is 29.5 Å². The van der Waals surface area contributed by atoms with Crippen molar-refractivity contribution < 1.29 is 14.2 Å². The molecule has 2 fully saturated rings. The SMILES string of the molecule is OC1CC(OCc2ccccc2F)C12CCCCC2. The Morgan fingerprint density at radius 2 is 1.95 bits per heavy atom. The van der Waals surface area contributed by atoms with E-state index in [4.69, 9.17) is 4.74 Å². The minimum Gasteiger partial charge on any atom is -0.392 e. The van der Waals surface area contributed by atoms with Crippen molar-refractivity contribution in [2.45, 2.75) is 57.3 Å². The highest BCUT2D eigenvalue weighted by Gasteiger charge is 2.55. The average molecular weight is 264 g/mol. The Balaban J connectivity index is 1.63. The first-order valence-corrected chi connectivity index (χ1v) is 7.25. The maximum Gasteiger partial charge on any atom is 0.128 e. The van der Waals surface area contributed by atoms with Crippen LogP contribution in [-0.4, -0.2) is 17.3 Å². The summed E-state index contributed by atoms with van der Waals surface area (Å²) in [7, 11) is 0. The number of benzene rings is 1. The van der Waals surface area contributed by atoms with Crippen LogP contribution in [0.1, 0.15) is 44.1 Å². The van der Waals surface area contributed by atoms with E-state index < -0.39 is 0 Å².